The zero-order valence-corrected chi connectivity index (χ0v) is 11.9. The first-order valence-electron chi connectivity index (χ1n) is 5.70. The van der Waals surface area contributed by atoms with Crippen molar-refractivity contribution in [2.75, 3.05) is 0 Å². The fourth-order valence-electron chi connectivity index (χ4n) is 1.51. The van der Waals surface area contributed by atoms with Gasteiger partial charge in [0.05, 0.1) is 17.9 Å². The molecule has 1 heterocycles. The lowest BCUT2D eigenvalue weighted by atomic mass is 10.2. The van der Waals surface area contributed by atoms with Crippen LogP contribution in [-0.2, 0) is 4.79 Å². The molecule has 1 N–H and O–H groups in total. The van der Waals surface area contributed by atoms with E-state index in [9.17, 15) is 14.7 Å². The maximum Gasteiger partial charge on any atom is 0.291 e. The maximum absolute atomic E-state index is 11.8. The van der Waals surface area contributed by atoms with Crippen LogP contribution in [0.3, 0.4) is 0 Å². The standard InChI is InChI=1S/C14H9Cl2NO4/c15-9-4-3-8(10(16)7-9)6-11(14(19)20)17-13(18)12-2-1-5-21-12/h1-7H,(H,17,18)(H,19,20)/p-1/b11-6+. The molecular formula is C14H8Cl2NO4-. The van der Waals surface area contributed by atoms with Crippen LogP contribution >= 0.6 is 23.2 Å². The molecule has 0 bridgehead atoms. The second-order valence-corrected chi connectivity index (χ2v) is 4.79. The fourth-order valence-corrected chi connectivity index (χ4v) is 1.97. The molecule has 108 valence electrons. The van der Waals surface area contributed by atoms with E-state index >= 15 is 0 Å². The summed E-state index contributed by atoms with van der Waals surface area (Å²) in [6, 6.07) is 7.42. The molecule has 0 aliphatic heterocycles. The Balaban J connectivity index is 2.28. The summed E-state index contributed by atoms with van der Waals surface area (Å²) >= 11 is 11.7. The molecule has 0 aliphatic carbocycles. The summed E-state index contributed by atoms with van der Waals surface area (Å²) in [5.74, 6) is -2.29. The van der Waals surface area contributed by atoms with Crippen molar-refractivity contribution in [2.24, 2.45) is 0 Å². The first-order chi connectivity index (χ1) is 9.97. The van der Waals surface area contributed by atoms with Crippen molar-refractivity contribution >= 4 is 41.2 Å². The number of aliphatic carboxylic acids is 1. The van der Waals surface area contributed by atoms with Crippen LogP contribution in [0.1, 0.15) is 16.1 Å². The summed E-state index contributed by atoms with van der Waals surface area (Å²) in [5.41, 5.74) is -0.0689. The Bertz CT molecular complexity index is 708. The van der Waals surface area contributed by atoms with Crippen LogP contribution in [0.4, 0.5) is 0 Å². The topological polar surface area (TPSA) is 82.4 Å². The number of furan rings is 1. The van der Waals surface area contributed by atoms with Crippen molar-refractivity contribution in [2.45, 2.75) is 0 Å². The summed E-state index contributed by atoms with van der Waals surface area (Å²) < 4.78 is 4.87. The highest BCUT2D eigenvalue weighted by molar-refractivity contribution is 6.35. The number of benzene rings is 1. The number of halogens is 2. The van der Waals surface area contributed by atoms with E-state index < -0.39 is 17.6 Å². The van der Waals surface area contributed by atoms with Gasteiger partial charge in [0.1, 0.15) is 0 Å². The second kappa shape index (κ2) is 6.47. The van der Waals surface area contributed by atoms with Crippen molar-refractivity contribution < 1.29 is 19.1 Å². The monoisotopic (exact) mass is 324 g/mol. The number of hydrogen-bond donors (Lipinski definition) is 1. The summed E-state index contributed by atoms with van der Waals surface area (Å²) in [5, 5.41) is 13.9. The van der Waals surface area contributed by atoms with Gasteiger partial charge in [-0.2, -0.15) is 0 Å². The van der Waals surface area contributed by atoms with Gasteiger partial charge in [0.15, 0.2) is 5.76 Å². The Labute approximate surface area is 129 Å². The number of carboxylic acid groups (broad SMARTS) is 1. The number of carbonyl (C=O) groups excluding carboxylic acids is 2. The van der Waals surface area contributed by atoms with Crippen molar-refractivity contribution in [3.8, 4) is 0 Å². The normalized spacial score (nSPS) is 11.2. The van der Waals surface area contributed by atoms with Gasteiger partial charge in [-0.05, 0) is 35.9 Å². The lowest BCUT2D eigenvalue weighted by Crippen LogP contribution is -2.35. The minimum Gasteiger partial charge on any atom is -0.543 e. The highest BCUT2D eigenvalue weighted by Gasteiger charge is 2.11. The third-order valence-corrected chi connectivity index (χ3v) is 3.04. The predicted molar refractivity (Wildman–Crippen MR) is 75.6 cm³/mol. The van der Waals surface area contributed by atoms with Crippen LogP contribution in [-0.4, -0.2) is 11.9 Å². The maximum atomic E-state index is 11.8. The van der Waals surface area contributed by atoms with Crippen LogP contribution in [0.5, 0.6) is 0 Å². The number of nitrogens with one attached hydrogen (secondary N) is 1. The van der Waals surface area contributed by atoms with Gasteiger partial charge in [-0.25, -0.2) is 0 Å². The molecule has 1 aromatic heterocycles. The van der Waals surface area contributed by atoms with E-state index in [0.717, 1.165) is 0 Å². The van der Waals surface area contributed by atoms with Gasteiger partial charge in [0, 0.05) is 10.0 Å². The first-order valence-corrected chi connectivity index (χ1v) is 6.46. The molecule has 0 aliphatic rings. The lowest BCUT2D eigenvalue weighted by molar-refractivity contribution is -0.299. The first kappa shape index (κ1) is 15.2. The summed E-state index contributed by atoms with van der Waals surface area (Å²) in [4.78, 5) is 22.9. The fraction of sp³-hybridized carbons (Fsp3) is 0. The second-order valence-electron chi connectivity index (χ2n) is 3.94. The van der Waals surface area contributed by atoms with E-state index in [1.54, 1.807) is 6.07 Å². The molecule has 1 aromatic carbocycles. The average molecular weight is 325 g/mol. The number of carbonyl (C=O) groups is 2. The van der Waals surface area contributed by atoms with Crippen LogP contribution in [0.25, 0.3) is 6.08 Å². The molecule has 21 heavy (non-hydrogen) atoms. The molecule has 0 saturated heterocycles. The van der Waals surface area contributed by atoms with E-state index in [0.29, 0.717) is 10.6 Å². The smallest absolute Gasteiger partial charge is 0.291 e. The molecular weight excluding hydrogens is 317 g/mol. The van der Waals surface area contributed by atoms with Crippen LogP contribution in [0.2, 0.25) is 10.0 Å². The van der Waals surface area contributed by atoms with Gasteiger partial charge in [0.25, 0.3) is 5.91 Å². The zero-order valence-electron chi connectivity index (χ0n) is 10.4. The molecule has 0 fully saturated rings. The Kier molecular flexibility index (Phi) is 4.67. The van der Waals surface area contributed by atoms with Gasteiger partial charge < -0.3 is 19.6 Å². The minimum atomic E-state index is -1.55. The number of amides is 1. The number of hydrogen-bond acceptors (Lipinski definition) is 4. The van der Waals surface area contributed by atoms with Gasteiger partial charge in [-0.15, -0.1) is 0 Å². The van der Waals surface area contributed by atoms with E-state index in [2.05, 4.69) is 5.32 Å². The van der Waals surface area contributed by atoms with E-state index in [-0.39, 0.29) is 10.8 Å². The van der Waals surface area contributed by atoms with E-state index in [1.165, 1.54) is 36.6 Å². The Morgan fingerprint density at radius 3 is 2.57 bits per heavy atom. The van der Waals surface area contributed by atoms with Gasteiger partial charge in [0.2, 0.25) is 0 Å². The van der Waals surface area contributed by atoms with Crippen molar-refractivity contribution in [3.05, 3.63) is 63.7 Å². The van der Waals surface area contributed by atoms with Crippen molar-refractivity contribution in [1.29, 1.82) is 0 Å². The molecule has 2 rings (SSSR count). The summed E-state index contributed by atoms with van der Waals surface area (Å²) in [6.07, 6.45) is 2.47. The third kappa shape index (κ3) is 3.87. The third-order valence-electron chi connectivity index (χ3n) is 2.48. The largest absolute Gasteiger partial charge is 0.543 e. The zero-order chi connectivity index (χ0) is 15.4. The summed E-state index contributed by atoms with van der Waals surface area (Å²) in [7, 11) is 0. The average Bonchev–Trinajstić information content (AvgIpc) is 2.94. The molecule has 1 amide bonds. The lowest BCUT2D eigenvalue weighted by Gasteiger charge is -2.10. The highest BCUT2D eigenvalue weighted by atomic mass is 35.5. The predicted octanol–water partition coefficient (Wildman–Crippen LogP) is 2.11. The van der Waals surface area contributed by atoms with Gasteiger partial charge in [-0.1, -0.05) is 29.3 Å². The molecule has 5 nitrogen and oxygen atoms in total. The van der Waals surface area contributed by atoms with Crippen LogP contribution in [0, 0.1) is 0 Å². The number of carboxylic acids is 1. The van der Waals surface area contributed by atoms with E-state index in [1.807, 2.05) is 0 Å². The van der Waals surface area contributed by atoms with E-state index in [4.69, 9.17) is 27.6 Å². The van der Waals surface area contributed by atoms with Gasteiger partial charge in [-0.3, -0.25) is 4.79 Å². The molecule has 0 unspecified atom stereocenters. The SMILES string of the molecule is O=C([O-])/C(=C\c1ccc(Cl)cc1Cl)NC(=O)c1ccco1. The Morgan fingerprint density at radius 1 is 1.24 bits per heavy atom. The summed E-state index contributed by atoms with van der Waals surface area (Å²) in [6.45, 7) is 0. The molecule has 0 saturated carbocycles. The molecule has 2 aromatic rings. The number of rotatable bonds is 4. The quantitative estimate of drug-likeness (QED) is 0.873. The molecule has 0 spiro atoms. The minimum absolute atomic E-state index is 0.0237. The van der Waals surface area contributed by atoms with Crippen molar-refractivity contribution in [1.82, 2.24) is 5.32 Å². The van der Waals surface area contributed by atoms with Gasteiger partial charge >= 0.3 is 0 Å². The molecule has 0 radical (unpaired) electrons. The highest BCUT2D eigenvalue weighted by Crippen LogP contribution is 2.22. The Morgan fingerprint density at radius 2 is 2.00 bits per heavy atom. The molecule has 7 heteroatoms. The van der Waals surface area contributed by atoms with Crippen molar-refractivity contribution in [3.63, 3.8) is 0 Å². The van der Waals surface area contributed by atoms with Crippen LogP contribution < -0.4 is 10.4 Å². The molecule has 0 atom stereocenters. The van der Waals surface area contributed by atoms with Crippen LogP contribution in [0.15, 0.2) is 46.7 Å². The Hall–Kier alpha value is -2.24.